The smallest absolute Gasteiger partial charge is 0.303 e. The molecule has 0 unspecified atom stereocenters. The molecule has 2 aromatic carbocycles. The van der Waals surface area contributed by atoms with Gasteiger partial charge in [-0.25, -0.2) is 4.98 Å². The maximum Gasteiger partial charge on any atom is 0.303 e. The van der Waals surface area contributed by atoms with Crippen LogP contribution in [0.2, 0.25) is 0 Å². The number of rotatable bonds is 7. The van der Waals surface area contributed by atoms with Crippen molar-refractivity contribution in [3.63, 3.8) is 0 Å². The molecule has 1 heterocycles. The van der Waals surface area contributed by atoms with Crippen LogP contribution >= 0.6 is 0 Å². The number of nitrogens with one attached hydrogen (secondary N) is 2. The van der Waals surface area contributed by atoms with E-state index >= 15 is 0 Å². The van der Waals surface area contributed by atoms with Crippen molar-refractivity contribution in [3.05, 3.63) is 59.4 Å². The molecular weight excluding hydrogens is 330 g/mol. The Morgan fingerprint density at radius 3 is 2.69 bits per heavy atom. The molecule has 6 heteroatoms. The number of benzene rings is 2. The predicted molar refractivity (Wildman–Crippen MR) is 100 cm³/mol. The number of aromatic amines is 1. The van der Waals surface area contributed by atoms with Gasteiger partial charge >= 0.3 is 5.97 Å². The van der Waals surface area contributed by atoms with E-state index in [2.05, 4.69) is 15.3 Å². The number of amides is 1. The number of carbonyl (C=O) groups excluding carboxylic acids is 1. The largest absolute Gasteiger partial charge is 0.481 e. The molecule has 0 aliphatic heterocycles. The number of H-pyrrole nitrogens is 1. The zero-order valence-corrected chi connectivity index (χ0v) is 14.6. The number of aromatic nitrogens is 2. The normalized spacial score (nSPS) is 10.8. The van der Waals surface area contributed by atoms with E-state index < -0.39 is 5.97 Å². The summed E-state index contributed by atoms with van der Waals surface area (Å²) >= 11 is 0. The predicted octanol–water partition coefficient (Wildman–Crippen LogP) is 3.46. The van der Waals surface area contributed by atoms with Crippen molar-refractivity contribution in [1.82, 2.24) is 9.97 Å². The van der Waals surface area contributed by atoms with E-state index in [1.807, 2.05) is 43.3 Å². The second-order valence-electron chi connectivity index (χ2n) is 6.30. The Kier molecular flexibility index (Phi) is 5.31. The van der Waals surface area contributed by atoms with Gasteiger partial charge < -0.3 is 15.4 Å². The zero-order chi connectivity index (χ0) is 18.5. The SMILES string of the molecule is Cc1cccc2[nH]c(CCC(=O)Nc3cccc(CCC(=O)O)c3)nc12. The molecule has 0 atom stereocenters. The molecule has 134 valence electrons. The fourth-order valence-electron chi connectivity index (χ4n) is 2.86. The number of anilines is 1. The molecule has 0 radical (unpaired) electrons. The molecule has 0 saturated heterocycles. The lowest BCUT2D eigenvalue weighted by Crippen LogP contribution is -2.13. The number of carboxylic acids is 1. The molecular formula is C20H21N3O3. The molecule has 26 heavy (non-hydrogen) atoms. The third-order valence-corrected chi connectivity index (χ3v) is 4.19. The van der Waals surface area contributed by atoms with Gasteiger partial charge in [-0.1, -0.05) is 24.3 Å². The van der Waals surface area contributed by atoms with Crippen molar-refractivity contribution in [2.24, 2.45) is 0 Å². The lowest BCUT2D eigenvalue weighted by Gasteiger charge is -2.06. The minimum absolute atomic E-state index is 0.0723. The van der Waals surface area contributed by atoms with Gasteiger partial charge in [0.05, 0.1) is 11.0 Å². The van der Waals surface area contributed by atoms with E-state index in [4.69, 9.17) is 5.11 Å². The summed E-state index contributed by atoms with van der Waals surface area (Å²) in [5.74, 6) is -0.141. The summed E-state index contributed by atoms with van der Waals surface area (Å²) < 4.78 is 0. The van der Waals surface area contributed by atoms with Crippen LogP contribution in [0.4, 0.5) is 5.69 Å². The number of hydrogen-bond acceptors (Lipinski definition) is 3. The fraction of sp³-hybridized carbons (Fsp3) is 0.250. The molecule has 3 N–H and O–H groups in total. The Hall–Kier alpha value is -3.15. The number of imidazole rings is 1. The van der Waals surface area contributed by atoms with Crippen LogP contribution in [0.15, 0.2) is 42.5 Å². The Bertz CT molecular complexity index is 946. The molecule has 0 saturated carbocycles. The van der Waals surface area contributed by atoms with Crippen molar-refractivity contribution in [3.8, 4) is 0 Å². The Balaban J connectivity index is 1.57. The average molecular weight is 351 g/mol. The number of aliphatic carboxylic acids is 1. The van der Waals surface area contributed by atoms with Crippen molar-refractivity contribution in [2.45, 2.75) is 32.6 Å². The van der Waals surface area contributed by atoms with E-state index in [0.29, 0.717) is 24.9 Å². The summed E-state index contributed by atoms with van der Waals surface area (Å²) in [4.78, 5) is 30.7. The second kappa shape index (κ2) is 7.82. The summed E-state index contributed by atoms with van der Waals surface area (Å²) in [6, 6.07) is 13.2. The van der Waals surface area contributed by atoms with Crippen molar-refractivity contribution in [1.29, 1.82) is 0 Å². The van der Waals surface area contributed by atoms with Gasteiger partial charge in [-0.3, -0.25) is 9.59 Å². The Morgan fingerprint density at radius 2 is 1.92 bits per heavy atom. The fourth-order valence-corrected chi connectivity index (χ4v) is 2.86. The molecule has 3 rings (SSSR count). The molecule has 0 bridgehead atoms. The third-order valence-electron chi connectivity index (χ3n) is 4.19. The minimum Gasteiger partial charge on any atom is -0.481 e. The highest BCUT2D eigenvalue weighted by atomic mass is 16.4. The van der Waals surface area contributed by atoms with Gasteiger partial charge in [0, 0.05) is 24.9 Å². The highest BCUT2D eigenvalue weighted by molar-refractivity contribution is 5.91. The van der Waals surface area contributed by atoms with Crippen LogP contribution in [0.1, 0.15) is 29.8 Å². The molecule has 1 amide bonds. The zero-order valence-electron chi connectivity index (χ0n) is 14.6. The van der Waals surface area contributed by atoms with Gasteiger partial charge in [0.25, 0.3) is 0 Å². The van der Waals surface area contributed by atoms with E-state index in [1.54, 1.807) is 6.07 Å². The van der Waals surface area contributed by atoms with Gasteiger partial charge in [-0.05, 0) is 42.7 Å². The standard InChI is InChI=1S/C20H21N3O3/c1-13-4-2-7-16-20(13)23-17(22-16)9-10-18(24)21-15-6-3-5-14(12-15)8-11-19(25)26/h2-7,12H,8-11H2,1H3,(H,21,24)(H,22,23)(H,25,26). The van der Waals surface area contributed by atoms with Crippen LogP contribution in [-0.4, -0.2) is 27.0 Å². The number of carboxylic acid groups (broad SMARTS) is 1. The maximum atomic E-state index is 12.2. The van der Waals surface area contributed by atoms with Gasteiger partial charge in [0.2, 0.25) is 5.91 Å². The molecule has 0 aliphatic carbocycles. The monoisotopic (exact) mass is 351 g/mol. The van der Waals surface area contributed by atoms with Crippen molar-refractivity contribution < 1.29 is 14.7 Å². The van der Waals surface area contributed by atoms with Crippen molar-refractivity contribution >= 4 is 28.6 Å². The Morgan fingerprint density at radius 1 is 1.12 bits per heavy atom. The topological polar surface area (TPSA) is 95.1 Å². The maximum absolute atomic E-state index is 12.2. The summed E-state index contributed by atoms with van der Waals surface area (Å²) in [6.07, 6.45) is 1.36. The first-order valence-electron chi connectivity index (χ1n) is 8.56. The third kappa shape index (κ3) is 4.47. The quantitative estimate of drug-likeness (QED) is 0.607. The van der Waals surface area contributed by atoms with E-state index in [9.17, 15) is 9.59 Å². The van der Waals surface area contributed by atoms with Crippen LogP contribution in [0, 0.1) is 6.92 Å². The average Bonchev–Trinajstić information content (AvgIpc) is 3.03. The van der Waals surface area contributed by atoms with E-state index in [1.165, 1.54) is 0 Å². The first-order chi connectivity index (χ1) is 12.5. The molecule has 3 aromatic rings. The lowest BCUT2D eigenvalue weighted by atomic mass is 10.1. The molecule has 0 spiro atoms. The van der Waals surface area contributed by atoms with Gasteiger partial charge in [-0.2, -0.15) is 0 Å². The summed E-state index contributed by atoms with van der Waals surface area (Å²) in [5, 5.41) is 11.6. The Labute approximate surface area is 151 Å². The van der Waals surface area contributed by atoms with Crippen LogP contribution in [0.3, 0.4) is 0 Å². The molecule has 0 aliphatic rings. The lowest BCUT2D eigenvalue weighted by molar-refractivity contribution is -0.137. The number of carbonyl (C=O) groups is 2. The molecule has 6 nitrogen and oxygen atoms in total. The number of fused-ring (bicyclic) bond motifs is 1. The van der Waals surface area contributed by atoms with Crippen LogP contribution in [-0.2, 0) is 22.4 Å². The number of aryl methyl sites for hydroxylation is 3. The van der Waals surface area contributed by atoms with Crippen LogP contribution in [0.5, 0.6) is 0 Å². The van der Waals surface area contributed by atoms with Gasteiger partial charge in [0.1, 0.15) is 5.82 Å². The van der Waals surface area contributed by atoms with E-state index in [-0.39, 0.29) is 12.3 Å². The highest BCUT2D eigenvalue weighted by Crippen LogP contribution is 2.17. The summed E-state index contributed by atoms with van der Waals surface area (Å²) in [6.45, 7) is 2.01. The van der Waals surface area contributed by atoms with Gasteiger partial charge in [-0.15, -0.1) is 0 Å². The molecule has 0 fully saturated rings. The van der Waals surface area contributed by atoms with Crippen LogP contribution in [0.25, 0.3) is 11.0 Å². The number of nitrogens with zero attached hydrogens (tertiary/aromatic N) is 1. The molecule has 1 aromatic heterocycles. The second-order valence-corrected chi connectivity index (χ2v) is 6.30. The van der Waals surface area contributed by atoms with Crippen molar-refractivity contribution in [2.75, 3.05) is 5.32 Å². The minimum atomic E-state index is -0.833. The van der Waals surface area contributed by atoms with E-state index in [0.717, 1.165) is 28.0 Å². The number of hydrogen-bond donors (Lipinski definition) is 3. The van der Waals surface area contributed by atoms with Crippen LogP contribution < -0.4 is 5.32 Å². The first-order valence-corrected chi connectivity index (χ1v) is 8.56. The highest BCUT2D eigenvalue weighted by Gasteiger charge is 2.08. The summed E-state index contributed by atoms with van der Waals surface area (Å²) in [7, 11) is 0. The first kappa shape index (κ1) is 17.7. The van der Waals surface area contributed by atoms with Gasteiger partial charge in [0.15, 0.2) is 0 Å². The number of para-hydroxylation sites is 1. The summed E-state index contributed by atoms with van der Waals surface area (Å²) in [5.41, 5.74) is 4.59.